The molecule has 0 amide bonds. The zero-order valence-electron chi connectivity index (χ0n) is 18.6. The maximum absolute atomic E-state index is 12.9. The first-order chi connectivity index (χ1) is 15.5. The van der Waals surface area contributed by atoms with Crippen LogP contribution in [0.3, 0.4) is 0 Å². The van der Waals surface area contributed by atoms with Gasteiger partial charge in [0.1, 0.15) is 17.1 Å². The SMILES string of the molecule is CC(C)n1ccc(-c2ccc(Oc3cn4c(C5CCOCC5)ncc4c(=O)n3C)cc2)n1. The summed E-state index contributed by atoms with van der Waals surface area (Å²) in [7, 11) is 1.71. The van der Waals surface area contributed by atoms with E-state index >= 15 is 0 Å². The zero-order chi connectivity index (χ0) is 22.2. The molecule has 32 heavy (non-hydrogen) atoms. The molecule has 1 aliphatic rings. The molecule has 8 heteroatoms. The molecule has 0 spiro atoms. The molecule has 4 heterocycles. The smallest absolute Gasteiger partial charge is 0.279 e. The van der Waals surface area contributed by atoms with Gasteiger partial charge in [0.2, 0.25) is 5.88 Å². The fraction of sp³-hybridized carbons (Fsp3) is 0.375. The minimum atomic E-state index is -0.135. The second-order valence-corrected chi connectivity index (χ2v) is 8.49. The number of nitrogens with zero attached hydrogens (tertiary/aromatic N) is 5. The zero-order valence-corrected chi connectivity index (χ0v) is 18.6. The maximum Gasteiger partial charge on any atom is 0.279 e. The monoisotopic (exact) mass is 433 g/mol. The highest BCUT2D eigenvalue weighted by Crippen LogP contribution is 2.28. The van der Waals surface area contributed by atoms with Gasteiger partial charge in [-0.15, -0.1) is 0 Å². The molecule has 1 aliphatic heterocycles. The molecule has 0 saturated carbocycles. The number of aromatic nitrogens is 5. The Balaban J connectivity index is 1.44. The van der Waals surface area contributed by atoms with Gasteiger partial charge < -0.3 is 9.47 Å². The van der Waals surface area contributed by atoms with Crippen LogP contribution in [-0.2, 0) is 11.8 Å². The molecule has 1 aromatic carbocycles. The topological polar surface area (TPSA) is 75.6 Å². The number of imidazole rings is 1. The Bertz CT molecular complexity index is 1290. The van der Waals surface area contributed by atoms with E-state index in [1.165, 1.54) is 4.57 Å². The summed E-state index contributed by atoms with van der Waals surface area (Å²) in [5.74, 6) is 2.28. The van der Waals surface area contributed by atoms with Crippen molar-refractivity contribution in [3.63, 3.8) is 0 Å². The molecule has 8 nitrogen and oxygen atoms in total. The molecule has 0 N–H and O–H groups in total. The molecule has 3 aromatic heterocycles. The van der Waals surface area contributed by atoms with E-state index in [1.54, 1.807) is 13.2 Å². The molecule has 0 unspecified atom stereocenters. The summed E-state index contributed by atoms with van der Waals surface area (Å²) >= 11 is 0. The number of hydrogen-bond acceptors (Lipinski definition) is 5. The lowest BCUT2D eigenvalue weighted by molar-refractivity contribution is 0.0834. The number of fused-ring (bicyclic) bond motifs is 1. The first-order valence-electron chi connectivity index (χ1n) is 11.0. The van der Waals surface area contributed by atoms with Crippen LogP contribution in [0.15, 0.2) is 53.7 Å². The second kappa shape index (κ2) is 8.27. The minimum Gasteiger partial charge on any atom is -0.439 e. The molecule has 1 saturated heterocycles. The van der Waals surface area contributed by atoms with Crippen molar-refractivity contribution in [3.05, 3.63) is 65.1 Å². The summed E-state index contributed by atoms with van der Waals surface area (Å²) in [6.45, 7) is 5.64. The standard InChI is InChI=1S/C24H27N5O3/c1-16(2)29-11-8-20(26-29)17-4-6-19(7-5-17)32-22-15-28-21(24(30)27(22)3)14-25-23(28)18-9-12-31-13-10-18/h4-8,11,14-16,18H,9-10,12-13H2,1-3H3. The summed E-state index contributed by atoms with van der Waals surface area (Å²) in [6.07, 6.45) is 7.29. The summed E-state index contributed by atoms with van der Waals surface area (Å²) < 4.78 is 16.9. The number of hydrogen-bond donors (Lipinski definition) is 0. The van der Waals surface area contributed by atoms with Crippen LogP contribution >= 0.6 is 0 Å². The van der Waals surface area contributed by atoms with E-state index in [0.29, 0.717) is 23.2 Å². The Kier molecular flexibility index (Phi) is 5.30. The Morgan fingerprint density at radius 2 is 1.88 bits per heavy atom. The van der Waals surface area contributed by atoms with Gasteiger partial charge in [0, 0.05) is 44.0 Å². The van der Waals surface area contributed by atoms with Crippen LogP contribution < -0.4 is 10.3 Å². The van der Waals surface area contributed by atoms with Gasteiger partial charge in [-0.25, -0.2) is 4.98 Å². The lowest BCUT2D eigenvalue weighted by Crippen LogP contribution is -2.22. The second-order valence-electron chi connectivity index (χ2n) is 8.49. The van der Waals surface area contributed by atoms with Gasteiger partial charge in [-0.1, -0.05) is 0 Å². The maximum atomic E-state index is 12.9. The Morgan fingerprint density at radius 1 is 1.12 bits per heavy atom. The van der Waals surface area contributed by atoms with E-state index in [0.717, 1.165) is 43.1 Å². The number of ether oxygens (including phenoxy) is 2. The van der Waals surface area contributed by atoms with Crippen molar-refractivity contribution in [2.75, 3.05) is 13.2 Å². The van der Waals surface area contributed by atoms with Gasteiger partial charge in [-0.2, -0.15) is 5.10 Å². The van der Waals surface area contributed by atoms with Gasteiger partial charge in [0.15, 0.2) is 0 Å². The van der Waals surface area contributed by atoms with Gasteiger partial charge >= 0.3 is 0 Å². The summed E-state index contributed by atoms with van der Waals surface area (Å²) in [5.41, 5.74) is 2.35. The molecular formula is C24H27N5O3. The van der Waals surface area contributed by atoms with Crippen LogP contribution in [0.2, 0.25) is 0 Å². The molecule has 0 radical (unpaired) electrons. The third kappa shape index (κ3) is 3.71. The van der Waals surface area contributed by atoms with Crippen molar-refractivity contribution in [2.24, 2.45) is 7.05 Å². The van der Waals surface area contributed by atoms with Gasteiger partial charge in [0.05, 0.1) is 18.1 Å². The molecular weight excluding hydrogens is 406 g/mol. The first kappa shape index (κ1) is 20.5. The Labute approximate surface area is 186 Å². The summed E-state index contributed by atoms with van der Waals surface area (Å²) in [4.78, 5) is 17.5. The van der Waals surface area contributed by atoms with Crippen LogP contribution in [0, 0.1) is 0 Å². The van der Waals surface area contributed by atoms with Crippen LogP contribution in [0.1, 0.15) is 44.5 Å². The normalized spacial score (nSPS) is 15.0. The third-order valence-corrected chi connectivity index (χ3v) is 6.02. The quantitative estimate of drug-likeness (QED) is 0.472. The Morgan fingerprint density at radius 3 is 2.56 bits per heavy atom. The van der Waals surface area contributed by atoms with E-state index in [1.807, 2.05) is 51.8 Å². The highest BCUT2D eigenvalue weighted by atomic mass is 16.5. The third-order valence-electron chi connectivity index (χ3n) is 6.02. The van der Waals surface area contributed by atoms with Gasteiger partial charge in [0.25, 0.3) is 5.56 Å². The predicted molar refractivity (Wildman–Crippen MR) is 121 cm³/mol. The highest BCUT2D eigenvalue weighted by molar-refractivity contribution is 5.59. The molecule has 5 rings (SSSR count). The van der Waals surface area contributed by atoms with Crippen LogP contribution in [0.25, 0.3) is 16.8 Å². The van der Waals surface area contributed by atoms with E-state index in [2.05, 4.69) is 23.9 Å². The molecule has 0 atom stereocenters. The number of benzene rings is 1. The molecule has 4 aromatic rings. The molecule has 0 aliphatic carbocycles. The van der Waals surface area contributed by atoms with Gasteiger partial charge in [-0.3, -0.25) is 18.4 Å². The van der Waals surface area contributed by atoms with E-state index < -0.39 is 0 Å². The van der Waals surface area contributed by atoms with Crippen molar-refractivity contribution >= 4 is 5.52 Å². The van der Waals surface area contributed by atoms with Crippen molar-refractivity contribution < 1.29 is 9.47 Å². The summed E-state index contributed by atoms with van der Waals surface area (Å²) in [6, 6.07) is 10.1. The predicted octanol–water partition coefficient (Wildman–Crippen LogP) is 4.16. The lowest BCUT2D eigenvalue weighted by Gasteiger charge is -2.21. The van der Waals surface area contributed by atoms with Crippen molar-refractivity contribution in [3.8, 4) is 22.9 Å². The first-order valence-corrected chi connectivity index (χ1v) is 11.0. The Hall–Kier alpha value is -3.39. The minimum absolute atomic E-state index is 0.135. The van der Waals surface area contributed by atoms with E-state index in [4.69, 9.17) is 9.47 Å². The van der Waals surface area contributed by atoms with Crippen molar-refractivity contribution in [2.45, 2.75) is 38.6 Å². The van der Waals surface area contributed by atoms with Crippen molar-refractivity contribution in [1.29, 1.82) is 0 Å². The fourth-order valence-corrected chi connectivity index (χ4v) is 4.08. The van der Waals surface area contributed by atoms with Crippen LogP contribution in [-0.4, -0.2) is 36.9 Å². The molecule has 1 fully saturated rings. The summed E-state index contributed by atoms with van der Waals surface area (Å²) in [5, 5.41) is 4.61. The average molecular weight is 434 g/mol. The van der Waals surface area contributed by atoms with E-state index in [9.17, 15) is 4.79 Å². The molecule has 166 valence electrons. The largest absolute Gasteiger partial charge is 0.439 e. The lowest BCUT2D eigenvalue weighted by atomic mass is 10.00. The van der Waals surface area contributed by atoms with E-state index in [-0.39, 0.29) is 11.5 Å². The average Bonchev–Trinajstić information content (AvgIpc) is 3.46. The van der Waals surface area contributed by atoms with Crippen molar-refractivity contribution in [1.82, 2.24) is 23.7 Å². The van der Waals surface area contributed by atoms with Crippen LogP contribution in [0.4, 0.5) is 0 Å². The van der Waals surface area contributed by atoms with Crippen LogP contribution in [0.5, 0.6) is 11.6 Å². The number of rotatable bonds is 5. The van der Waals surface area contributed by atoms with Gasteiger partial charge in [-0.05, 0) is 57.0 Å². The fourth-order valence-electron chi connectivity index (χ4n) is 4.08. The highest BCUT2D eigenvalue weighted by Gasteiger charge is 2.22. The molecule has 0 bridgehead atoms.